The minimum absolute atomic E-state index is 0.0253. The second-order valence-corrected chi connectivity index (χ2v) is 6.13. The second kappa shape index (κ2) is 6.68. The van der Waals surface area contributed by atoms with Gasteiger partial charge in [-0.3, -0.25) is 14.1 Å². The first-order valence-corrected chi connectivity index (χ1v) is 8.00. The Kier molecular flexibility index (Phi) is 4.67. The van der Waals surface area contributed by atoms with Crippen LogP contribution in [-0.4, -0.2) is 47.1 Å². The van der Waals surface area contributed by atoms with Crippen molar-refractivity contribution in [2.45, 2.75) is 12.8 Å². The summed E-state index contributed by atoms with van der Waals surface area (Å²) in [5, 5.41) is 0. The Morgan fingerprint density at radius 2 is 2.10 bits per heavy atom. The van der Waals surface area contributed by atoms with Crippen molar-refractivity contribution in [3.63, 3.8) is 0 Å². The average Bonchev–Trinajstić information content (AvgIpc) is 2.49. The van der Waals surface area contributed by atoms with E-state index < -0.39 is 0 Å². The number of rotatable bonds is 4. The fourth-order valence-corrected chi connectivity index (χ4v) is 2.90. The standard InChI is InChI=1S/C15H18BrN3O2/c16-12-3-4-14-17-13(10-15(20)19(14)11-12)2-1-5-18-6-8-21-9-7-18/h3-4,10-11H,1-2,5-9H2. The summed E-state index contributed by atoms with van der Waals surface area (Å²) in [6.45, 7) is 4.68. The van der Waals surface area contributed by atoms with Crippen molar-refractivity contribution in [3.8, 4) is 0 Å². The smallest absolute Gasteiger partial charge is 0.258 e. The second-order valence-electron chi connectivity index (χ2n) is 5.22. The van der Waals surface area contributed by atoms with Crippen molar-refractivity contribution in [3.05, 3.63) is 44.9 Å². The van der Waals surface area contributed by atoms with Gasteiger partial charge in [-0.15, -0.1) is 0 Å². The van der Waals surface area contributed by atoms with Gasteiger partial charge in [0.2, 0.25) is 0 Å². The largest absolute Gasteiger partial charge is 0.379 e. The zero-order valence-electron chi connectivity index (χ0n) is 11.8. The van der Waals surface area contributed by atoms with Crippen molar-refractivity contribution in [2.24, 2.45) is 0 Å². The van der Waals surface area contributed by atoms with E-state index in [4.69, 9.17) is 4.74 Å². The minimum atomic E-state index is -0.0253. The molecule has 1 aliphatic rings. The molecule has 0 spiro atoms. The number of halogens is 1. The molecule has 2 aromatic rings. The van der Waals surface area contributed by atoms with Crippen molar-refractivity contribution in [1.82, 2.24) is 14.3 Å². The topological polar surface area (TPSA) is 46.8 Å². The van der Waals surface area contributed by atoms with Gasteiger partial charge in [-0.25, -0.2) is 4.98 Å². The summed E-state index contributed by atoms with van der Waals surface area (Å²) in [4.78, 5) is 19.0. The molecule has 0 unspecified atom stereocenters. The highest BCUT2D eigenvalue weighted by atomic mass is 79.9. The van der Waals surface area contributed by atoms with Gasteiger partial charge in [0, 0.05) is 35.5 Å². The summed E-state index contributed by atoms with van der Waals surface area (Å²) >= 11 is 3.37. The molecule has 6 heteroatoms. The van der Waals surface area contributed by atoms with Gasteiger partial charge in [-0.1, -0.05) is 0 Å². The highest BCUT2D eigenvalue weighted by Gasteiger charge is 2.10. The quantitative estimate of drug-likeness (QED) is 0.841. The molecule has 112 valence electrons. The lowest BCUT2D eigenvalue weighted by molar-refractivity contribution is 0.0374. The van der Waals surface area contributed by atoms with E-state index in [0.717, 1.165) is 55.9 Å². The molecule has 0 N–H and O–H groups in total. The molecule has 0 atom stereocenters. The number of hydrogen-bond donors (Lipinski definition) is 0. The van der Waals surface area contributed by atoms with E-state index in [0.29, 0.717) is 5.65 Å². The van der Waals surface area contributed by atoms with Gasteiger partial charge in [-0.05, 0) is 47.4 Å². The maximum absolute atomic E-state index is 12.1. The number of aromatic nitrogens is 2. The summed E-state index contributed by atoms with van der Waals surface area (Å²) in [6, 6.07) is 5.40. The zero-order chi connectivity index (χ0) is 14.7. The molecule has 0 aromatic carbocycles. The number of aryl methyl sites for hydroxylation is 1. The highest BCUT2D eigenvalue weighted by molar-refractivity contribution is 9.10. The van der Waals surface area contributed by atoms with E-state index in [-0.39, 0.29) is 5.56 Å². The van der Waals surface area contributed by atoms with Crippen LogP contribution in [0.1, 0.15) is 12.1 Å². The van der Waals surface area contributed by atoms with Gasteiger partial charge in [0.05, 0.1) is 13.2 Å². The maximum atomic E-state index is 12.1. The van der Waals surface area contributed by atoms with Crippen molar-refractivity contribution >= 4 is 21.6 Å². The lowest BCUT2D eigenvalue weighted by Crippen LogP contribution is -2.37. The number of morpholine rings is 1. The Hall–Kier alpha value is -1.24. The average molecular weight is 352 g/mol. The SMILES string of the molecule is O=c1cc(CCCN2CCOCC2)nc2ccc(Br)cn12. The first-order chi connectivity index (χ1) is 10.2. The molecular weight excluding hydrogens is 334 g/mol. The summed E-state index contributed by atoms with van der Waals surface area (Å²) < 4.78 is 7.78. The molecule has 0 aliphatic carbocycles. The van der Waals surface area contributed by atoms with E-state index in [9.17, 15) is 4.79 Å². The molecule has 21 heavy (non-hydrogen) atoms. The molecule has 5 nitrogen and oxygen atoms in total. The van der Waals surface area contributed by atoms with Gasteiger partial charge in [-0.2, -0.15) is 0 Å². The Morgan fingerprint density at radius 1 is 1.29 bits per heavy atom. The van der Waals surface area contributed by atoms with Gasteiger partial charge >= 0.3 is 0 Å². The van der Waals surface area contributed by atoms with Gasteiger partial charge < -0.3 is 4.74 Å². The molecule has 0 saturated carbocycles. The third-order valence-corrected chi connectivity index (χ3v) is 4.16. The van der Waals surface area contributed by atoms with Crippen LogP contribution in [-0.2, 0) is 11.2 Å². The highest BCUT2D eigenvalue weighted by Crippen LogP contribution is 2.10. The van der Waals surface area contributed by atoms with Crippen LogP contribution in [0.25, 0.3) is 5.65 Å². The van der Waals surface area contributed by atoms with Crippen LogP contribution in [0.5, 0.6) is 0 Å². The summed E-state index contributed by atoms with van der Waals surface area (Å²) in [5.74, 6) is 0. The van der Waals surface area contributed by atoms with Crippen LogP contribution >= 0.6 is 15.9 Å². The minimum Gasteiger partial charge on any atom is -0.379 e. The van der Waals surface area contributed by atoms with Gasteiger partial charge in [0.1, 0.15) is 5.65 Å². The van der Waals surface area contributed by atoms with E-state index in [1.807, 2.05) is 12.1 Å². The molecule has 0 bridgehead atoms. The monoisotopic (exact) mass is 351 g/mol. The molecule has 2 aromatic heterocycles. The third-order valence-electron chi connectivity index (χ3n) is 3.69. The van der Waals surface area contributed by atoms with Crippen molar-refractivity contribution in [2.75, 3.05) is 32.8 Å². The van der Waals surface area contributed by atoms with E-state index in [1.165, 1.54) is 0 Å². The van der Waals surface area contributed by atoms with Crippen LogP contribution in [0.15, 0.2) is 33.7 Å². The molecule has 0 amide bonds. The lowest BCUT2D eigenvalue weighted by atomic mass is 10.2. The molecular formula is C15H18BrN3O2. The molecule has 1 saturated heterocycles. The summed E-state index contributed by atoms with van der Waals surface area (Å²) in [6.07, 6.45) is 3.60. The molecule has 0 radical (unpaired) electrons. The number of pyridine rings is 1. The Morgan fingerprint density at radius 3 is 2.90 bits per heavy atom. The first kappa shape index (κ1) is 14.7. The molecule has 1 fully saturated rings. The molecule has 3 heterocycles. The molecule has 3 rings (SSSR count). The summed E-state index contributed by atoms with van der Waals surface area (Å²) in [5.41, 5.74) is 1.55. The number of hydrogen-bond acceptors (Lipinski definition) is 4. The number of ether oxygens (including phenoxy) is 1. The lowest BCUT2D eigenvalue weighted by Gasteiger charge is -2.26. The van der Waals surface area contributed by atoms with Crippen molar-refractivity contribution in [1.29, 1.82) is 0 Å². The van der Waals surface area contributed by atoms with E-state index >= 15 is 0 Å². The predicted molar refractivity (Wildman–Crippen MR) is 84.7 cm³/mol. The Labute approximate surface area is 131 Å². The van der Waals surface area contributed by atoms with Gasteiger partial charge in [0.25, 0.3) is 5.56 Å². The van der Waals surface area contributed by atoms with Crippen LogP contribution in [0.2, 0.25) is 0 Å². The van der Waals surface area contributed by atoms with Crippen LogP contribution in [0, 0.1) is 0 Å². The predicted octanol–water partition coefficient (Wildman–Crippen LogP) is 1.72. The number of fused-ring (bicyclic) bond motifs is 1. The van der Waals surface area contributed by atoms with Gasteiger partial charge in [0.15, 0.2) is 0 Å². The summed E-state index contributed by atoms with van der Waals surface area (Å²) in [7, 11) is 0. The van der Waals surface area contributed by atoms with Crippen LogP contribution in [0.3, 0.4) is 0 Å². The Balaban J connectivity index is 1.67. The number of nitrogens with zero attached hydrogens (tertiary/aromatic N) is 3. The zero-order valence-corrected chi connectivity index (χ0v) is 13.4. The normalized spacial score (nSPS) is 16.4. The van der Waals surface area contributed by atoms with Crippen LogP contribution in [0.4, 0.5) is 0 Å². The van der Waals surface area contributed by atoms with Crippen molar-refractivity contribution < 1.29 is 4.74 Å². The van der Waals surface area contributed by atoms with Crippen LogP contribution < -0.4 is 5.56 Å². The Bertz CT molecular complexity index is 680. The third kappa shape index (κ3) is 3.70. The first-order valence-electron chi connectivity index (χ1n) is 7.20. The van der Waals surface area contributed by atoms with E-state index in [1.54, 1.807) is 16.7 Å². The fraction of sp³-hybridized carbons (Fsp3) is 0.467. The maximum Gasteiger partial charge on any atom is 0.258 e. The van der Waals surface area contributed by atoms with E-state index in [2.05, 4.69) is 25.8 Å². The fourth-order valence-electron chi connectivity index (χ4n) is 2.56. The molecule has 1 aliphatic heterocycles.